The molecule has 0 fully saturated rings. The quantitative estimate of drug-likeness (QED) is 0.765. The Morgan fingerprint density at radius 2 is 2.15 bits per heavy atom. The molecule has 0 aliphatic heterocycles. The van der Waals surface area contributed by atoms with Crippen LogP contribution in [0.4, 0.5) is 5.82 Å². The van der Waals surface area contributed by atoms with E-state index in [1.165, 1.54) is 5.56 Å². The second-order valence-electron chi connectivity index (χ2n) is 3.54. The third kappa shape index (κ3) is 2.90. The van der Waals surface area contributed by atoms with Crippen LogP contribution in [0.1, 0.15) is 32.3 Å². The van der Waals surface area contributed by atoms with E-state index in [9.17, 15) is 0 Å². The van der Waals surface area contributed by atoms with Gasteiger partial charge in [0.2, 0.25) is 0 Å². The van der Waals surface area contributed by atoms with Crippen LogP contribution in [-0.4, -0.2) is 4.98 Å². The van der Waals surface area contributed by atoms with Crippen molar-refractivity contribution in [3.05, 3.63) is 36.2 Å². The van der Waals surface area contributed by atoms with Crippen LogP contribution >= 0.6 is 0 Å². The summed E-state index contributed by atoms with van der Waals surface area (Å²) in [4.78, 5) is 4.27. The lowest BCUT2D eigenvalue weighted by Crippen LogP contribution is -1.97. The molecular formula is C11H16N2. The van der Waals surface area contributed by atoms with Crippen LogP contribution in [0.5, 0.6) is 0 Å². The van der Waals surface area contributed by atoms with Crippen LogP contribution in [0.15, 0.2) is 30.6 Å². The molecule has 0 aliphatic carbocycles. The second kappa shape index (κ2) is 4.08. The molecule has 0 amide bonds. The molecule has 0 aliphatic rings. The molecule has 13 heavy (non-hydrogen) atoms. The molecule has 0 unspecified atom stereocenters. The Bertz CT molecular complexity index is 285. The minimum Gasteiger partial charge on any atom is -0.345 e. The maximum atomic E-state index is 4.27. The van der Waals surface area contributed by atoms with Gasteiger partial charge in [-0.2, -0.15) is 0 Å². The first-order valence-corrected chi connectivity index (χ1v) is 4.48. The SMILES string of the molecule is C=C(C)Nc1ccc(C(C)C)cn1. The third-order valence-corrected chi connectivity index (χ3v) is 1.79. The Balaban J connectivity index is 2.75. The number of anilines is 1. The molecule has 2 nitrogen and oxygen atoms in total. The van der Waals surface area contributed by atoms with Crippen molar-refractivity contribution in [3.63, 3.8) is 0 Å². The summed E-state index contributed by atoms with van der Waals surface area (Å²) in [5, 5.41) is 3.07. The van der Waals surface area contributed by atoms with Gasteiger partial charge in [0.05, 0.1) is 0 Å². The van der Waals surface area contributed by atoms with Gasteiger partial charge in [0.15, 0.2) is 0 Å². The first-order chi connectivity index (χ1) is 6.09. The zero-order valence-electron chi connectivity index (χ0n) is 8.46. The van der Waals surface area contributed by atoms with Crippen molar-refractivity contribution in [1.29, 1.82) is 0 Å². The van der Waals surface area contributed by atoms with Gasteiger partial charge < -0.3 is 5.32 Å². The van der Waals surface area contributed by atoms with E-state index in [4.69, 9.17) is 0 Å². The van der Waals surface area contributed by atoms with Gasteiger partial charge in [0, 0.05) is 11.9 Å². The van der Waals surface area contributed by atoms with Crippen molar-refractivity contribution in [2.75, 3.05) is 5.32 Å². The fraction of sp³-hybridized carbons (Fsp3) is 0.364. The van der Waals surface area contributed by atoms with Gasteiger partial charge >= 0.3 is 0 Å². The van der Waals surface area contributed by atoms with Crippen LogP contribution in [0.2, 0.25) is 0 Å². The van der Waals surface area contributed by atoms with E-state index in [1.54, 1.807) is 0 Å². The van der Waals surface area contributed by atoms with Crippen molar-refractivity contribution in [3.8, 4) is 0 Å². The summed E-state index contributed by atoms with van der Waals surface area (Å²) in [6.07, 6.45) is 1.90. The van der Waals surface area contributed by atoms with Gasteiger partial charge in [-0.3, -0.25) is 0 Å². The number of hydrogen-bond donors (Lipinski definition) is 1. The first kappa shape index (κ1) is 9.78. The van der Waals surface area contributed by atoms with E-state index < -0.39 is 0 Å². The fourth-order valence-electron chi connectivity index (χ4n) is 1.04. The van der Waals surface area contributed by atoms with E-state index >= 15 is 0 Å². The number of pyridine rings is 1. The topological polar surface area (TPSA) is 24.9 Å². The van der Waals surface area contributed by atoms with E-state index in [-0.39, 0.29) is 0 Å². The molecule has 1 aromatic rings. The molecule has 2 heteroatoms. The zero-order valence-corrected chi connectivity index (χ0v) is 8.46. The van der Waals surface area contributed by atoms with Crippen LogP contribution in [0.25, 0.3) is 0 Å². The predicted octanol–water partition coefficient (Wildman–Crippen LogP) is 3.15. The average Bonchev–Trinajstić information content (AvgIpc) is 2.04. The number of nitrogens with one attached hydrogen (secondary N) is 1. The number of aromatic nitrogens is 1. The molecule has 0 atom stereocenters. The molecule has 1 N–H and O–H groups in total. The highest BCUT2D eigenvalue weighted by Gasteiger charge is 1.99. The van der Waals surface area contributed by atoms with Crippen LogP contribution in [-0.2, 0) is 0 Å². The molecule has 0 bridgehead atoms. The Morgan fingerprint density at radius 3 is 2.54 bits per heavy atom. The normalized spacial score (nSPS) is 10.2. The standard InChI is InChI=1S/C11H16N2/c1-8(2)10-5-6-11(12-7-10)13-9(3)4/h5-8H,3H2,1-2,4H3,(H,12,13). The van der Waals surface area contributed by atoms with Crippen molar-refractivity contribution >= 4 is 5.82 Å². The Morgan fingerprint density at radius 1 is 1.46 bits per heavy atom. The number of nitrogens with zero attached hydrogens (tertiary/aromatic N) is 1. The molecule has 0 radical (unpaired) electrons. The van der Waals surface area contributed by atoms with Crippen LogP contribution in [0, 0.1) is 0 Å². The molecule has 0 saturated carbocycles. The highest BCUT2D eigenvalue weighted by molar-refractivity contribution is 5.40. The van der Waals surface area contributed by atoms with Crippen molar-refractivity contribution in [1.82, 2.24) is 4.98 Å². The van der Waals surface area contributed by atoms with Gasteiger partial charge in [-0.05, 0) is 24.5 Å². The predicted molar refractivity (Wildman–Crippen MR) is 56.8 cm³/mol. The largest absolute Gasteiger partial charge is 0.345 e. The summed E-state index contributed by atoms with van der Waals surface area (Å²) in [7, 11) is 0. The average molecular weight is 176 g/mol. The molecule has 0 spiro atoms. The summed E-state index contributed by atoms with van der Waals surface area (Å²) >= 11 is 0. The van der Waals surface area contributed by atoms with E-state index in [0.29, 0.717) is 5.92 Å². The van der Waals surface area contributed by atoms with Crippen molar-refractivity contribution in [2.45, 2.75) is 26.7 Å². The maximum Gasteiger partial charge on any atom is 0.130 e. The third-order valence-electron chi connectivity index (χ3n) is 1.79. The van der Waals surface area contributed by atoms with Crippen LogP contribution < -0.4 is 5.32 Å². The van der Waals surface area contributed by atoms with Gasteiger partial charge in [-0.1, -0.05) is 26.5 Å². The lowest BCUT2D eigenvalue weighted by Gasteiger charge is -2.07. The molecule has 1 rings (SSSR count). The first-order valence-electron chi connectivity index (χ1n) is 4.48. The molecular weight excluding hydrogens is 160 g/mol. The molecule has 1 aromatic heterocycles. The summed E-state index contributed by atoms with van der Waals surface area (Å²) in [5.74, 6) is 1.39. The van der Waals surface area contributed by atoms with E-state index in [0.717, 1.165) is 11.5 Å². The van der Waals surface area contributed by atoms with E-state index in [1.807, 2.05) is 19.2 Å². The lowest BCUT2D eigenvalue weighted by molar-refractivity contribution is 0.858. The Labute approximate surface area is 79.7 Å². The molecule has 0 aromatic carbocycles. The zero-order chi connectivity index (χ0) is 9.84. The Kier molecular flexibility index (Phi) is 3.07. The van der Waals surface area contributed by atoms with Gasteiger partial charge in [-0.15, -0.1) is 0 Å². The maximum absolute atomic E-state index is 4.27. The highest BCUT2D eigenvalue weighted by atomic mass is 15.0. The monoisotopic (exact) mass is 176 g/mol. The minimum atomic E-state index is 0.534. The fourth-order valence-corrected chi connectivity index (χ4v) is 1.04. The second-order valence-corrected chi connectivity index (χ2v) is 3.54. The van der Waals surface area contributed by atoms with Gasteiger partial charge in [-0.25, -0.2) is 4.98 Å². The molecule has 70 valence electrons. The highest BCUT2D eigenvalue weighted by Crippen LogP contribution is 2.14. The minimum absolute atomic E-state index is 0.534. The number of hydrogen-bond acceptors (Lipinski definition) is 2. The van der Waals surface area contributed by atoms with Gasteiger partial charge in [0.1, 0.15) is 5.82 Å². The summed E-state index contributed by atoms with van der Waals surface area (Å²) in [5.41, 5.74) is 2.16. The summed E-state index contributed by atoms with van der Waals surface area (Å²) in [6, 6.07) is 4.06. The molecule has 0 saturated heterocycles. The number of rotatable bonds is 3. The Hall–Kier alpha value is -1.31. The number of allylic oxidation sites excluding steroid dienone is 1. The van der Waals surface area contributed by atoms with Crippen molar-refractivity contribution in [2.24, 2.45) is 0 Å². The lowest BCUT2D eigenvalue weighted by atomic mass is 10.1. The van der Waals surface area contributed by atoms with Gasteiger partial charge in [0.25, 0.3) is 0 Å². The summed E-state index contributed by atoms with van der Waals surface area (Å²) < 4.78 is 0. The smallest absolute Gasteiger partial charge is 0.130 e. The van der Waals surface area contributed by atoms with Crippen LogP contribution in [0.3, 0.4) is 0 Å². The van der Waals surface area contributed by atoms with E-state index in [2.05, 4.69) is 36.8 Å². The molecule has 1 heterocycles. The summed E-state index contributed by atoms with van der Waals surface area (Å²) in [6.45, 7) is 9.98. The van der Waals surface area contributed by atoms with Crippen molar-refractivity contribution < 1.29 is 0 Å².